The van der Waals surface area contributed by atoms with Gasteiger partial charge in [-0.05, 0) is 17.7 Å². The highest BCUT2D eigenvalue weighted by Crippen LogP contribution is 2.22. The second kappa shape index (κ2) is 6.45. The first-order valence-corrected chi connectivity index (χ1v) is 7.32. The van der Waals surface area contributed by atoms with Crippen molar-refractivity contribution in [2.24, 2.45) is 4.99 Å². The summed E-state index contributed by atoms with van der Waals surface area (Å²) >= 11 is 0. The molecule has 1 unspecified atom stereocenters. The second-order valence-electron chi connectivity index (χ2n) is 5.42. The van der Waals surface area contributed by atoms with E-state index < -0.39 is 9.85 Å². The number of rotatable bonds is 4. The van der Waals surface area contributed by atoms with Crippen molar-refractivity contribution in [2.75, 3.05) is 13.1 Å². The van der Waals surface area contributed by atoms with Crippen molar-refractivity contribution in [3.8, 4) is 0 Å². The van der Waals surface area contributed by atoms with Crippen molar-refractivity contribution >= 4 is 17.2 Å². The normalized spacial score (nSPS) is 16.8. The topological polar surface area (TPSA) is 111 Å². The SMILES string of the molecule is O=[N+]([O-])c1ccc(C2=NCC(c3ccc([N+](=O)[O-])cc3)CN2)cc1. The summed E-state index contributed by atoms with van der Waals surface area (Å²) in [5.74, 6) is 0.829. The molecule has 24 heavy (non-hydrogen) atoms. The molecule has 2 aromatic rings. The van der Waals surface area contributed by atoms with E-state index in [-0.39, 0.29) is 17.3 Å². The molecule has 1 heterocycles. The number of nitrogens with zero attached hydrogens (tertiary/aromatic N) is 3. The zero-order valence-corrected chi connectivity index (χ0v) is 12.6. The van der Waals surface area contributed by atoms with Crippen LogP contribution in [0.2, 0.25) is 0 Å². The van der Waals surface area contributed by atoms with E-state index in [9.17, 15) is 20.2 Å². The van der Waals surface area contributed by atoms with Crippen molar-refractivity contribution in [3.05, 3.63) is 79.9 Å². The molecule has 0 radical (unpaired) electrons. The highest BCUT2D eigenvalue weighted by molar-refractivity contribution is 5.99. The zero-order chi connectivity index (χ0) is 17.1. The van der Waals surface area contributed by atoms with Gasteiger partial charge in [0.05, 0.1) is 9.85 Å². The van der Waals surface area contributed by atoms with Crippen LogP contribution in [-0.4, -0.2) is 28.8 Å². The van der Waals surface area contributed by atoms with Gasteiger partial charge in [-0.15, -0.1) is 0 Å². The van der Waals surface area contributed by atoms with E-state index in [4.69, 9.17) is 0 Å². The summed E-state index contributed by atoms with van der Waals surface area (Å²) in [5.41, 5.74) is 1.89. The third-order valence-electron chi connectivity index (χ3n) is 3.91. The Balaban J connectivity index is 1.71. The summed E-state index contributed by atoms with van der Waals surface area (Å²) in [4.78, 5) is 25.0. The number of aliphatic imine (C=N–C) groups is 1. The van der Waals surface area contributed by atoms with Gasteiger partial charge in [0.25, 0.3) is 11.4 Å². The quantitative estimate of drug-likeness (QED) is 0.686. The highest BCUT2D eigenvalue weighted by atomic mass is 16.6. The van der Waals surface area contributed by atoms with Gasteiger partial charge < -0.3 is 5.32 Å². The van der Waals surface area contributed by atoms with Crippen LogP contribution in [0.3, 0.4) is 0 Å². The Bertz CT molecular complexity index is 800. The summed E-state index contributed by atoms with van der Waals surface area (Å²) in [6.07, 6.45) is 0. The number of nitro benzene ring substituents is 2. The molecule has 122 valence electrons. The Morgan fingerprint density at radius 2 is 1.46 bits per heavy atom. The van der Waals surface area contributed by atoms with Crippen molar-refractivity contribution in [1.29, 1.82) is 0 Å². The van der Waals surface area contributed by atoms with Crippen LogP contribution in [0.25, 0.3) is 0 Å². The minimum absolute atomic E-state index is 0.0407. The number of hydrogen-bond donors (Lipinski definition) is 1. The lowest BCUT2D eigenvalue weighted by atomic mass is 9.97. The van der Waals surface area contributed by atoms with Crippen molar-refractivity contribution in [1.82, 2.24) is 5.32 Å². The van der Waals surface area contributed by atoms with E-state index in [1.807, 2.05) is 0 Å². The lowest BCUT2D eigenvalue weighted by Crippen LogP contribution is -2.35. The largest absolute Gasteiger partial charge is 0.369 e. The molecular weight excluding hydrogens is 312 g/mol. The van der Waals surface area contributed by atoms with E-state index in [1.54, 1.807) is 24.3 Å². The van der Waals surface area contributed by atoms with Gasteiger partial charge in [-0.3, -0.25) is 25.2 Å². The van der Waals surface area contributed by atoms with E-state index in [2.05, 4.69) is 10.3 Å². The minimum atomic E-state index is -0.440. The van der Waals surface area contributed by atoms with Gasteiger partial charge in [-0.2, -0.15) is 0 Å². The average Bonchev–Trinajstić information content (AvgIpc) is 2.62. The second-order valence-corrected chi connectivity index (χ2v) is 5.42. The maximum Gasteiger partial charge on any atom is 0.269 e. The molecular formula is C16H14N4O4. The lowest BCUT2D eigenvalue weighted by molar-refractivity contribution is -0.385. The maximum absolute atomic E-state index is 10.7. The molecule has 0 saturated heterocycles. The molecule has 1 atom stereocenters. The molecule has 0 saturated carbocycles. The van der Waals surface area contributed by atoms with Gasteiger partial charge in [0.1, 0.15) is 5.84 Å². The van der Waals surface area contributed by atoms with Gasteiger partial charge in [0.15, 0.2) is 0 Å². The molecule has 1 N–H and O–H groups in total. The zero-order valence-electron chi connectivity index (χ0n) is 12.6. The van der Waals surface area contributed by atoms with E-state index in [1.165, 1.54) is 24.3 Å². The molecule has 0 spiro atoms. The van der Waals surface area contributed by atoms with Crippen molar-refractivity contribution in [2.45, 2.75) is 5.92 Å². The smallest absolute Gasteiger partial charge is 0.269 e. The Hall–Kier alpha value is -3.29. The molecule has 1 aliphatic heterocycles. The summed E-state index contributed by atoms with van der Waals surface area (Å²) in [6.45, 7) is 1.20. The highest BCUT2D eigenvalue weighted by Gasteiger charge is 2.19. The number of nitrogens with one attached hydrogen (secondary N) is 1. The van der Waals surface area contributed by atoms with Gasteiger partial charge in [-0.1, -0.05) is 12.1 Å². The van der Waals surface area contributed by atoms with Crippen molar-refractivity contribution in [3.63, 3.8) is 0 Å². The molecule has 2 aromatic carbocycles. The number of hydrogen-bond acceptors (Lipinski definition) is 6. The van der Waals surface area contributed by atoms with Crippen LogP contribution in [0.1, 0.15) is 17.0 Å². The number of benzene rings is 2. The van der Waals surface area contributed by atoms with Crippen LogP contribution < -0.4 is 5.32 Å². The van der Waals surface area contributed by atoms with E-state index in [0.29, 0.717) is 18.9 Å². The van der Waals surface area contributed by atoms with Crippen LogP contribution in [0.5, 0.6) is 0 Å². The van der Waals surface area contributed by atoms with Crippen LogP contribution in [0.15, 0.2) is 53.5 Å². The van der Waals surface area contributed by atoms with Crippen LogP contribution in [0.4, 0.5) is 11.4 Å². The summed E-state index contributed by atoms with van der Waals surface area (Å²) in [6, 6.07) is 12.7. The molecule has 1 aliphatic rings. The molecule has 0 aromatic heterocycles. The third-order valence-corrected chi connectivity index (χ3v) is 3.91. The average molecular weight is 326 g/mol. The predicted molar refractivity (Wildman–Crippen MR) is 88.3 cm³/mol. The molecule has 8 nitrogen and oxygen atoms in total. The third kappa shape index (κ3) is 3.22. The number of non-ortho nitro benzene ring substituents is 2. The monoisotopic (exact) mass is 326 g/mol. The first kappa shape index (κ1) is 15.6. The first-order valence-electron chi connectivity index (χ1n) is 7.32. The van der Waals surface area contributed by atoms with Crippen LogP contribution in [0, 0.1) is 20.2 Å². The molecule has 3 rings (SSSR count). The first-order chi connectivity index (χ1) is 11.5. The number of amidine groups is 1. The Labute approximate surface area is 137 Å². The Kier molecular flexibility index (Phi) is 4.19. The lowest BCUT2D eigenvalue weighted by Gasteiger charge is -2.23. The fraction of sp³-hybridized carbons (Fsp3) is 0.188. The fourth-order valence-electron chi connectivity index (χ4n) is 2.57. The fourth-order valence-corrected chi connectivity index (χ4v) is 2.57. The standard InChI is InChI=1S/C16H14N4O4/c21-19(22)14-5-1-11(2-6-14)13-9-17-16(18-10-13)12-3-7-15(8-4-12)20(23)24/h1-8,13H,9-10H2,(H,17,18). The van der Waals surface area contributed by atoms with Crippen molar-refractivity contribution < 1.29 is 9.85 Å². The van der Waals surface area contributed by atoms with Gasteiger partial charge in [0, 0.05) is 48.8 Å². The van der Waals surface area contributed by atoms with E-state index >= 15 is 0 Å². The maximum atomic E-state index is 10.7. The van der Waals surface area contributed by atoms with Gasteiger partial charge in [0.2, 0.25) is 0 Å². The summed E-state index contributed by atoms with van der Waals surface area (Å²) < 4.78 is 0. The van der Waals surface area contributed by atoms with Crippen LogP contribution in [-0.2, 0) is 0 Å². The molecule has 0 fully saturated rings. The molecule has 0 bridgehead atoms. The summed E-state index contributed by atoms with van der Waals surface area (Å²) in [5, 5.41) is 24.6. The number of nitro groups is 2. The molecule has 0 aliphatic carbocycles. The minimum Gasteiger partial charge on any atom is -0.369 e. The Morgan fingerprint density at radius 1 is 0.917 bits per heavy atom. The Morgan fingerprint density at radius 3 is 1.92 bits per heavy atom. The van der Waals surface area contributed by atoms with Crippen LogP contribution >= 0.6 is 0 Å². The van der Waals surface area contributed by atoms with E-state index in [0.717, 1.165) is 11.1 Å². The molecule has 0 amide bonds. The predicted octanol–water partition coefficient (Wildman–Crippen LogP) is 2.64. The van der Waals surface area contributed by atoms with Gasteiger partial charge >= 0.3 is 0 Å². The summed E-state index contributed by atoms with van der Waals surface area (Å²) in [7, 11) is 0. The van der Waals surface area contributed by atoms with Gasteiger partial charge in [-0.25, -0.2) is 0 Å². The molecule has 8 heteroatoms.